The maximum atomic E-state index is 12.3. The third-order valence-electron chi connectivity index (χ3n) is 4.51. The van der Waals surface area contributed by atoms with Gasteiger partial charge in [0.1, 0.15) is 11.9 Å². The van der Waals surface area contributed by atoms with Gasteiger partial charge in [0.2, 0.25) is 0 Å². The Kier molecular flexibility index (Phi) is 5.53. The summed E-state index contributed by atoms with van der Waals surface area (Å²) in [4.78, 5) is 18.4. The van der Waals surface area contributed by atoms with Crippen LogP contribution in [0.4, 0.5) is 4.79 Å². The minimum atomic E-state index is -0.0316. The summed E-state index contributed by atoms with van der Waals surface area (Å²) in [5.74, 6) is 0.957. The zero-order valence-electron chi connectivity index (χ0n) is 14.9. The Balaban J connectivity index is 1.46. The van der Waals surface area contributed by atoms with Gasteiger partial charge in [0.15, 0.2) is 0 Å². The Bertz CT molecular complexity index is 710. The van der Waals surface area contributed by atoms with E-state index in [1.807, 2.05) is 23.1 Å². The average molecular weight is 339 g/mol. The molecule has 132 valence electrons. The number of nitrogens with one attached hydrogen (secondary N) is 1. The lowest BCUT2D eigenvalue weighted by atomic mass is 10.1. The highest BCUT2D eigenvalue weighted by Crippen LogP contribution is 2.24. The second-order valence-electron chi connectivity index (χ2n) is 6.55. The van der Waals surface area contributed by atoms with Crippen LogP contribution in [0.2, 0.25) is 0 Å². The molecule has 2 aromatic rings. The third kappa shape index (κ3) is 4.72. The van der Waals surface area contributed by atoms with Crippen molar-refractivity contribution in [3.05, 3.63) is 59.4 Å². The van der Waals surface area contributed by atoms with E-state index in [0.29, 0.717) is 19.6 Å². The van der Waals surface area contributed by atoms with E-state index < -0.39 is 0 Å². The van der Waals surface area contributed by atoms with Crippen LogP contribution in [0.3, 0.4) is 0 Å². The molecule has 0 bridgehead atoms. The van der Waals surface area contributed by atoms with Crippen molar-refractivity contribution in [3.8, 4) is 5.75 Å². The Morgan fingerprint density at radius 2 is 2.04 bits per heavy atom. The molecule has 1 fully saturated rings. The first-order chi connectivity index (χ1) is 12.1. The predicted octanol–water partition coefficient (Wildman–Crippen LogP) is 3.45. The molecule has 5 nitrogen and oxygen atoms in total. The number of hydrogen-bond acceptors (Lipinski definition) is 3. The van der Waals surface area contributed by atoms with E-state index in [2.05, 4.69) is 42.3 Å². The number of amides is 2. The lowest BCUT2D eigenvalue weighted by molar-refractivity contribution is 0.110. The highest BCUT2D eigenvalue weighted by atomic mass is 16.5. The highest BCUT2D eigenvalue weighted by Gasteiger charge is 2.24. The van der Waals surface area contributed by atoms with Gasteiger partial charge in [0, 0.05) is 32.1 Å². The lowest BCUT2D eigenvalue weighted by Gasteiger charge is -2.32. The van der Waals surface area contributed by atoms with Gasteiger partial charge in [-0.3, -0.25) is 4.98 Å². The summed E-state index contributed by atoms with van der Waals surface area (Å²) in [5.41, 5.74) is 3.22. The minimum absolute atomic E-state index is 0.0316. The van der Waals surface area contributed by atoms with Gasteiger partial charge in [-0.25, -0.2) is 4.79 Å². The van der Waals surface area contributed by atoms with E-state index in [0.717, 1.165) is 29.8 Å². The summed E-state index contributed by atoms with van der Waals surface area (Å²) in [7, 11) is 0. The molecule has 0 spiro atoms. The summed E-state index contributed by atoms with van der Waals surface area (Å²) in [5, 5.41) is 2.93. The number of aromatic nitrogens is 1. The van der Waals surface area contributed by atoms with Gasteiger partial charge in [-0.15, -0.1) is 0 Å². The Hall–Kier alpha value is -2.56. The molecular formula is C20H25N3O2. The minimum Gasteiger partial charge on any atom is -0.490 e. The number of likely N-dealkylation sites (tertiary alicyclic amines) is 1. The summed E-state index contributed by atoms with van der Waals surface area (Å²) in [6, 6.07) is 11.9. The topological polar surface area (TPSA) is 54.5 Å². The largest absolute Gasteiger partial charge is 0.490 e. The molecular weight excluding hydrogens is 314 g/mol. The molecule has 0 radical (unpaired) electrons. The van der Waals surface area contributed by atoms with Crippen LogP contribution in [0, 0.1) is 13.8 Å². The molecule has 1 saturated heterocycles. The molecule has 1 aliphatic rings. The van der Waals surface area contributed by atoms with Crippen LogP contribution >= 0.6 is 0 Å². The fraction of sp³-hybridized carbons (Fsp3) is 0.400. The zero-order valence-corrected chi connectivity index (χ0v) is 14.9. The van der Waals surface area contributed by atoms with Crippen molar-refractivity contribution in [3.63, 3.8) is 0 Å². The third-order valence-corrected chi connectivity index (χ3v) is 4.51. The number of ether oxygens (including phenoxy) is 1. The van der Waals surface area contributed by atoms with Crippen molar-refractivity contribution < 1.29 is 9.53 Å². The van der Waals surface area contributed by atoms with Crippen LogP contribution in [0.5, 0.6) is 5.75 Å². The highest BCUT2D eigenvalue weighted by molar-refractivity contribution is 5.74. The van der Waals surface area contributed by atoms with Crippen molar-refractivity contribution in [2.45, 2.75) is 39.3 Å². The van der Waals surface area contributed by atoms with Crippen LogP contribution in [0.25, 0.3) is 0 Å². The number of rotatable bonds is 4. The first kappa shape index (κ1) is 17.3. The molecule has 0 aliphatic carbocycles. The zero-order chi connectivity index (χ0) is 17.6. The second kappa shape index (κ2) is 8.01. The van der Waals surface area contributed by atoms with E-state index >= 15 is 0 Å². The SMILES string of the molecule is Cc1ccc(C)c(OC2CCN(C(=O)NCc3ccccn3)CC2)c1. The fourth-order valence-electron chi connectivity index (χ4n) is 2.97. The normalized spacial score (nSPS) is 15.0. The smallest absolute Gasteiger partial charge is 0.317 e. The van der Waals surface area contributed by atoms with E-state index in [4.69, 9.17) is 4.74 Å². The molecule has 25 heavy (non-hydrogen) atoms. The Morgan fingerprint density at radius 3 is 2.76 bits per heavy atom. The molecule has 3 rings (SSSR count). The number of nitrogens with zero attached hydrogens (tertiary/aromatic N) is 2. The molecule has 5 heteroatoms. The van der Waals surface area contributed by atoms with Gasteiger partial charge in [-0.2, -0.15) is 0 Å². The van der Waals surface area contributed by atoms with Gasteiger partial charge in [0.25, 0.3) is 0 Å². The maximum absolute atomic E-state index is 12.3. The number of carbonyl (C=O) groups is 1. The van der Waals surface area contributed by atoms with E-state index in [1.54, 1.807) is 6.20 Å². The molecule has 1 aromatic carbocycles. The van der Waals surface area contributed by atoms with E-state index in [9.17, 15) is 4.79 Å². The number of benzene rings is 1. The summed E-state index contributed by atoms with van der Waals surface area (Å²) in [6.45, 7) is 6.02. The van der Waals surface area contributed by atoms with Crippen molar-refractivity contribution in [1.82, 2.24) is 15.2 Å². The predicted molar refractivity (Wildman–Crippen MR) is 97.6 cm³/mol. The van der Waals surface area contributed by atoms with Crippen molar-refractivity contribution >= 4 is 6.03 Å². The van der Waals surface area contributed by atoms with Crippen LogP contribution in [0.15, 0.2) is 42.6 Å². The number of pyridine rings is 1. The molecule has 1 aliphatic heterocycles. The second-order valence-corrected chi connectivity index (χ2v) is 6.55. The molecule has 2 heterocycles. The lowest BCUT2D eigenvalue weighted by Crippen LogP contribution is -2.46. The average Bonchev–Trinajstić information content (AvgIpc) is 2.64. The van der Waals surface area contributed by atoms with Crippen LogP contribution in [-0.2, 0) is 6.54 Å². The van der Waals surface area contributed by atoms with Crippen molar-refractivity contribution in [1.29, 1.82) is 0 Å². The van der Waals surface area contributed by atoms with Gasteiger partial charge in [-0.05, 0) is 43.2 Å². The summed E-state index contributed by atoms with van der Waals surface area (Å²) in [6.07, 6.45) is 3.60. The number of piperidine rings is 1. The molecule has 0 atom stereocenters. The molecule has 1 N–H and O–H groups in total. The first-order valence-corrected chi connectivity index (χ1v) is 8.78. The van der Waals surface area contributed by atoms with Crippen molar-refractivity contribution in [2.75, 3.05) is 13.1 Å². The summed E-state index contributed by atoms with van der Waals surface area (Å²) < 4.78 is 6.16. The van der Waals surface area contributed by atoms with E-state index in [1.165, 1.54) is 5.56 Å². The number of hydrogen-bond donors (Lipinski definition) is 1. The quantitative estimate of drug-likeness (QED) is 0.928. The van der Waals surface area contributed by atoms with Crippen LogP contribution in [-0.4, -0.2) is 35.1 Å². The summed E-state index contributed by atoms with van der Waals surface area (Å²) >= 11 is 0. The van der Waals surface area contributed by atoms with Crippen molar-refractivity contribution in [2.24, 2.45) is 0 Å². The van der Waals surface area contributed by atoms with Gasteiger partial charge in [0.05, 0.1) is 12.2 Å². The van der Waals surface area contributed by atoms with Crippen LogP contribution < -0.4 is 10.1 Å². The first-order valence-electron chi connectivity index (χ1n) is 8.78. The van der Waals surface area contributed by atoms with E-state index in [-0.39, 0.29) is 12.1 Å². The number of aryl methyl sites for hydroxylation is 2. The maximum Gasteiger partial charge on any atom is 0.317 e. The monoisotopic (exact) mass is 339 g/mol. The van der Waals surface area contributed by atoms with Gasteiger partial charge < -0.3 is 15.0 Å². The molecule has 2 amide bonds. The van der Waals surface area contributed by atoms with Gasteiger partial charge in [-0.1, -0.05) is 18.2 Å². The standard InChI is InChI=1S/C20H25N3O2/c1-15-6-7-16(2)19(13-15)25-18-8-11-23(12-9-18)20(24)22-14-17-5-3-4-10-21-17/h3-7,10,13,18H,8-9,11-12,14H2,1-2H3,(H,22,24). The molecule has 1 aromatic heterocycles. The Morgan fingerprint density at radius 1 is 1.24 bits per heavy atom. The number of carbonyl (C=O) groups excluding carboxylic acids is 1. The van der Waals surface area contributed by atoms with Crippen LogP contribution in [0.1, 0.15) is 29.7 Å². The molecule has 0 saturated carbocycles. The van der Waals surface area contributed by atoms with Gasteiger partial charge >= 0.3 is 6.03 Å². The Labute approximate surface area is 149 Å². The number of urea groups is 1. The molecule has 0 unspecified atom stereocenters. The fourth-order valence-corrected chi connectivity index (χ4v) is 2.97.